The molecule has 0 saturated carbocycles. The molecule has 0 bridgehead atoms. The zero-order valence-corrected chi connectivity index (χ0v) is 8.74. The van der Waals surface area contributed by atoms with Crippen LogP contribution in [0.15, 0.2) is 0 Å². The number of nitrogens with one attached hydrogen (secondary N) is 1. The Bertz CT molecular complexity index is 151. The van der Waals surface area contributed by atoms with E-state index in [0.717, 1.165) is 45.9 Å². The Hall–Kier alpha value is -0.160. The Morgan fingerprint density at radius 1 is 1.36 bits per heavy atom. The minimum absolute atomic E-state index is 0.349. The third kappa shape index (κ3) is 3.20. The van der Waals surface area contributed by atoms with Gasteiger partial charge >= 0.3 is 0 Å². The Morgan fingerprint density at radius 3 is 3.21 bits per heavy atom. The normalized spacial score (nSPS) is 31.3. The van der Waals surface area contributed by atoms with Crippen LogP contribution in [-0.4, -0.2) is 63.4 Å². The van der Waals surface area contributed by atoms with E-state index in [-0.39, 0.29) is 0 Å². The van der Waals surface area contributed by atoms with Gasteiger partial charge in [-0.3, -0.25) is 4.90 Å². The van der Waals surface area contributed by atoms with Crippen LogP contribution in [0.25, 0.3) is 0 Å². The monoisotopic (exact) mass is 198 g/mol. The number of morpholine rings is 1. The van der Waals surface area contributed by atoms with E-state index in [1.54, 1.807) is 0 Å². The summed E-state index contributed by atoms with van der Waals surface area (Å²) in [4.78, 5) is 2.49. The molecule has 0 aromatic heterocycles. The van der Waals surface area contributed by atoms with Gasteiger partial charge in [0.2, 0.25) is 0 Å². The fraction of sp³-hybridized carbons (Fsp3) is 1.00. The van der Waals surface area contributed by atoms with Crippen LogP contribution in [0.5, 0.6) is 0 Å². The van der Waals surface area contributed by atoms with Crippen LogP contribution in [-0.2, 0) is 4.74 Å². The van der Waals surface area contributed by atoms with Gasteiger partial charge in [-0.05, 0) is 19.5 Å². The molecular weight excluding hydrogens is 178 g/mol. The van der Waals surface area contributed by atoms with Crippen molar-refractivity contribution < 1.29 is 4.74 Å². The molecule has 1 unspecified atom stereocenters. The second kappa shape index (κ2) is 5.66. The maximum atomic E-state index is 5.67. The van der Waals surface area contributed by atoms with E-state index in [4.69, 9.17) is 4.74 Å². The molecule has 2 saturated heterocycles. The van der Waals surface area contributed by atoms with E-state index >= 15 is 0 Å². The van der Waals surface area contributed by atoms with Crippen LogP contribution in [0, 0.1) is 0 Å². The Balaban J connectivity index is 1.71. The van der Waals surface area contributed by atoms with Gasteiger partial charge in [-0.25, -0.2) is 5.32 Å². The maximum Gasteiger partial charge on any atom is 0.0843 e. The van der Waals surface area contributed by atoms with Crippen LogP contribution in [0.1, 0.15) is 6.42 Å². The van der Waals surface area contributed by atoms with E-state index in [0.29, 0.717) is 6.10 Å². The zero-order chi connectivity index (χ0) is 9.64. The van der Waals surface area contributed by atoms with E-state index in [1.165, 1.54) is 13.0 Å². The lowest BCUT2D eigenvalue weighted by atomic mass is 10.2. The molecule has 0 aliphatic carbocycles. The molecule has 1 radical (unpaired) electrons. The molecule has 0 amide bonds. The second-order valence-corrected chi connectivity index (χ2v) is 4.03. The summed E-state index contributed by atoms with van der Waals surface area (Å²) in [5.41, 5.74) is 0. The first kappa shape index (κ1) is 10.4. The fourth-order valence-electron chi connectivity index (χ4n) is 2.05. The molecule has 2 aliphatic heterocycles. The average molecular weight is 198 g/mol. The smallest absolute Gasteiger partial charge is 0.0843 e. The van der Waals surface area contributed by atoms with Crippen molar-refractivity contribution in [1.29, 1.82) is 0 Å². The van der Waals surface area contributed by atoms with Gasteiger partial charge in [0.25, 0.3) is 0 Å². The maximum absolute atomic E-state index is 5.67. The summed E-state index contributed by atoms with van der Waals surface area (Å²) in [6.07, 6.45) is 1.60. The highest BCUT2D eigenvalue weighted by Gasteiger charge is 2.18. The van der Waals surface area contributed by atoms with Crippen LogP contribution >= 0.6 is 0 Å². The summed E-state index contributed by atoms with van der Waals surface area (Å²) >= 11 is 0. The van der Waals surface area contributed by atoms with Gasteiger partial charge < -0.3 is 10.1 Å². The standard InChI is InChI=1S/C10H20N3O/c1-2-11-3-6-13(5-1)9-10-8-12-4-7-14-10/h10-11H,1-9H2. The first-order valence-electron chi connectivity index (χ1n) is 5.63. The summed E-state index contributed by atoms with van der Waals surface area (Å²) in [7, 11) is 0. The molecule has 1 atom stereocenters. The lowest BCUT2D eigenvalue weighted by Crippen LogP contribution is -2.43. The molecule has 4 heteroatoms. The van der Waals surface area contributed by atoms with Crippen molar-refractivity contribution in [3.05, 3.63) is 0 Å². The van der Waals surface area contributed by atoms with Crippen molar-refractivity contribution in [3.8, 4) is 0 Å². The van der Waals surface area contributed by atoms with Crippen molar-refractivity contribution >= 4 is 0 Å². The third-order valence-corrected chi connectivity index (χ3v) is 2.83. The topological polar surface area (TPSA) is 38.6 Å². The van der Waals surface area contributed by atoms with Gasteiger partial charge in [-0.2, -0.15) is 0 Å². The molecule has 2 fully saturated rings. The van der Waals surface area contributed by atoms with Gasteiger partial charge in [-0.15, -0.1) is 0 Å². The van der Waals surface area contributed by atoms with Crippen molar-refractivity contribution in [3.63, 3.8) is 0 Å². The van der Waals surface area contributed by atoms with Crippen LogP contribution < -0.4 is 10.6 Å². The predicted octanol–water partition coefficient (Wildman–Crippen LogP) is -0.715. The van der Waals surface area contributed by atoms with Crippen molar-refractivity contribution in [1.82, 2.24) is 15.5 Å². The molecule has 0 aromatic rings. The number of rotatable bonds is 2. The molecule has 2 rings (SSSR count). The number of ether oxygens (including phenoxy) is 1. The summed E-state index contributed by atoms with van der Waals surface area (Å²) in [5, 5.41) is 7.79. The van der Waals surface area contributed by atoms with E-state index in [1.807, 2.05) is 0 Å². The highest BCUT2D eigenvalue weighted by molar-refractivity contribution is 4.74. The number of hydrogen-bond acceptors (Lipinski definition) is 3. The molecule has 2 aliphatic rings. The van der Waals surface area contributed by atoms with Crippen LogP contribution in [0.3, 0.4) is 0 Å². The molecule has 0 aromatic carbocycles. The van der Waals surface area contributed by atoms with Gasteiger partial charge in [0.15, 0.2) is 0 Å². The van der Waals surface area contributed by atoms with Crippen molar-refractivity contribution in [2.45, 2.75) is 12.5 Å². The minimum atomic E-state index is 0.349. The molecule has 81 valence electrons. The van der Waals surface area contributed by atoms with Crippen molar-refractivity contribution in [2.24, 2.45) is 0 Å². The highest BCUT2D eigenvalue weighted by Crippen LogP contribution is 2.02. The molecule has 1 N–H and O–H groups in total. The summed E-state index contributed by atoms with van der Waals surface area (Å²) < 4.78 is 5.67. The van der Waals surface area contributed by atoms with E-state index in [2.05, 4.69) is 15.5 Å². The Labute approximate surface area is 86.0 Å². The third-order valence-electron chi connectivity index (χ3n) is 2.83. The second-order valence-electron chi connectivity index (χ2n) is 4.03. The summed E-state index contributed by atoms with van der Waals surface area (Å²) in [6.45, 7) is 8.28. The van der Waals surface area contributed by atoms with E-state index in [9.17, 15) is 0 Å². The first-order chi connectivity index (χ1) is 6.95. The number of hydrogen-bond donors (Lipinski definition) is 1. The lowest BCUT2D eigenvalue weighted by molar-refractivity contribution is 0.00531. The van der Waals surface area contributed by atoms with E-state index < -0.39 is 0 Å². The largest absolute Gasteiger partial charge is 0.374 e. The Kier molecular flexibility index (Phi) is 4.19. The molecule has 2 heterocycles. The summed E-state index contributed by atoms with van der Waals surface area (Å²) in [5.74, 6) is 0. The van der Waals surface area contributed by atoms with Crippen LogP contribution in [0.2, 0.25) is 0 Å². The minimum Gasteiger partial charge on any atom is -0.374 e. The SMILES string of the molecule is C1CNCCN(CC2C[N]CCO2)C1. The molecular formula is C10H20N3O. The molecule has 4 nitrogen and oxygen atoms in total. The van der Waals surface area contributed by atoms with Gasteiger partial charge in [-0.1, -0.05) is 0 Å². The number of nitrogens with zero attached hydrogens (tertiary/aromatic N) is 2. The Morgan fingerprint density at radius 2 is 2.36 bits per heavy atom. The van der Waals surface area contributed by atoms with Crippen LogP contribution in [0.4, 0.5) is 0 Å². The summed E-state index contributed by atoms with van der Waals surface area (Å²) in [6, 6.07) is 0. The quantitative estimate of drug-likeness (QED) is 0.637. The molecule has 0 spiro atoms. The average Bonchev–Trinajstić information content (AvgIpc) is 2.48. The first-order valence-corrected chi connectivity index (χ1v) is 5.63. The van der Waals surface area contributed by atoms with Gasteiger partial charge in [0.05, 0.1) is 12.7 Å². The fourth-order valence-corrected chi connectivity index (χ4v) is 2.05. The molecule has 14 heavy (non-hydrogen) atoms. The lowest BCUT2D eigenvalue weighted by Gasteiger charge is -2.28. The highest BCUT2D eigenvalue weighted by atomic mass is 16.5. The zero-order valence-electron chi connectivity index (χ0n) is 8.74. The van der Waals surface area contributed by atoms with Crippen molar-refractivity contribution in [2.75, 3.05) is 52.4 Å². The predicted molar refractivity (Wildman–Crippen MR) is 55.5 cm³/mol. The van der Waals surface area contributed by atoms with Gasteiger partial charge in [0.1, 0.15) is 0 Å². The van der Waals surface area contributed by atoms with Gasteiger partial charge in [0, 0.05) is 32.7 Å².